The number of carbonyl (C=O) groups excluding carboxylic acids is 2. The van der Waals surface area contributed by atoms with Gasteiger partial charge in [0.2, 0.25) is 5.95 Å². The summed E-state index contributed by atoms with van der Waals surface area (Å²) in [5.74, 6) is 1.46. The standard InChI is InChI=1S/C29H42N8O3/c1-18(2)17-36-29(39)35(4)23-16-31-28(33-27(23)37(36)20-8-6-7-9-20)32-22-11-10-21(19-12-14-34(3)15-13-19)24(26(30)38)25(22)40-5/h10-11,16,18-20H,6-9,12-15,17H2,1-5H3,(H2,30,38)(H,31,32,33). The van der Waals surface area contributed by atoms with Crippen LogP contribution in [-0.4, -0.2) is 78.7 Å². The summed E-state index contributed by atoms with van der Waals surface area (Å²) in [6, 6.07) is 4.01. The molecule has 0 spiro atoms. The quantitative estimate of drug-likeness (QED) is 0.498. The van der Waals surface area contributed by atoms with Gasteiger partial charge in [0.15, 0.2) is 11.6 Å². The number of urea groups is 1. The van der Waals surface area contributed by atoms with Crippen LogP contribution in [0, 0.1) is 5.92 Å². The molecule has 11 nitrogen and oxygen atoms in total. The van der Waals surface area contributed by atoms with Crippen molar-refractivity contribution in [2.45, 2.75) is 64.3 Å². The number of anilines is 4. The summed E-state index contributed by atoms with van der Waals surface area (Å²) in [6.07, 6.45) is 7.86. The van der Waals surface area contributed by atoms with Gasteiger partial charge in [-0.1, -0.05) is 32.8 Å². The maximum absolute atomic E-state index is 13.4. The topological polar surface area (TPSA) is 120 Å². The van der Waals surface area contributed by atoms with Crippen molar-refractivity contribution in [3.8, 4) is 5.75 Å². The number of amides is 3. The molecule has 1 aromatic heterocycles. The number of benzene rings is 1. The van der Waals surface area contributed by atoms with E-state index in [1.54, 1.807) is 25.3 Å². The van der Waals surface area contributed by atoms with E-state index in [4.69, 9.17) is 15.5 Å². The second-order valence-electron chi connectivity index (χ2n) is 11.7. The van der Waals surface area contributed by atoms with Crippen LogP contribution in [0.5, 0.6) is 5.75 Å². The number of nitrogens with zero attached hydrogens (tertiary/aromatic N) is 6. The fourth-order valence-electron chi connectivity index (χ4n) is 6.29. The fourth-order valence-corrected chi connectivity index (χ4v) is 6.29. The highest BCUT2D eigenvalue weighted by Crippen LogP contribution is 2.41. The summed E-state index contributed by atoms with van der Waals surface area (Å²) in [7, 11) is 5.42. The smallest absolute Gasteiger partial charge is 0.343 e. The van der Waals surface area contributed by atoms with Crippen molar-refractivity contribution in [2.75, 3.05) is 56.1 Å². The Hall–Kier alpha value is -3.60. The molecule has 5 rings (SSSR count). The zero-order chi connectivity index (χ0) is 28.6. The van der Waals surface area contributed by atoms with Crippen molar-refractivity contribution in [3.05, 3.63) is 29.5 Å². The number of piperidine rings is 1. The van der Waals surface area contributed by atoms with E-state index in [1.807, 2.05) is 17.1 Å². The minimum absolute atomic E-state index is 0.0744. The second kappa shape index (κ2) is 11.5. The highest BCUT2D eigenvalue weighted by Gasteiger charge is 2.40. The van der Waals surface area contributed by atoms with E-state index < -0.39 is 5.91 Å². The number of hydrazine groups is 1. The number of carbonyl (C=O) groups is 2. The van der Waals surface area contributed by atoms with E-state index in [1.165, 1.54) is 0 Å². The van der Waals surface area contributed by atoms with Gasteiger partial charge in [0.25, 0.3) is 5.91 Å². The summed E-state index contributed by atoms with van der Waals surface area (Å²) in [5, 5.41) is 7.21. The Kier molecular flexibility index (Phi) is 8.02. The maximum atomic E-state index is 13.4. The Morgan fingerprint density at radius 1 is 1.15 bits per heavy atom. The lowest BCUT2D eigenvalue weighted by Gasteiger charge is -2.46. The number of likely N-dealkylation sites (tertiary alicyclic amines) is 1. The van der Waals surface area contributed by atoms with Gasteiger partial charge in [-0.3, -0.25) is 14.7 Å². The fraction of sp³-hybridized carbons (Fsp3) is 0.586. The highest BCUT2D eigenvalue weighted by molar-refractivity contribution is 6.00. The molecule has 0 unspecified atom stereocenters. The van der Waals surface area contributed by atoms with E-state index in [0.717, 1.165) is 57.2 Å². The monoisotopic (exact) mass is 550 g/mol. The molecule has 1 saturated heterocycles. The van der Waals surface area contributed by atoms with Crippen molar-refractivity contribution in [2.24, 2.45) is 11.7 Å². The Morgan fingerprint density at radius 3 is 2.48 bits per heavy atom. The van der Waals surface area contributed by atoms with Gasteiger partial charge < -0.3 is 20.7 Å². The zero-order valence-corrected chi connectivity index (χ0v) is 24.3. The van der Waals surface area contributed by atoms with Crippen LogP contribution >= 0.6 is 0 Å². The van der Waals surface area contributed by atoms with Crippen molar-refractivity contribution in [1.29, 1.82) is 0 Å². The molecule has 2 fully saturated rings. The van der Waals surface area contributed by atoms with Crippen LogP contribution < -0.4 is 25.7 Å². The summed E-state index contributed by atoms with van der Waals surface area (Å²) in [4.78, 5) is 39.5. The molecule has 216 valence electrons. The normalized spacial score (nSPS) is 18.9. The number of methoxy groups -OCH3 is 1. The molecule has 11 heteroatoms. The molecule has 0 bridgehead atoms. The SMILES string of the molecule is COc1c(Nc2ncc3c(n2)N(C2CCCC2)N(CC(C)C)C(=O)N3C)ccc(C2CCN(C)CC2)c1C(N)=O. The van der Waals surface area contributed by atoms with Crippen molar-refractivity contribution in [1.82, 2.24) is 19.9 Å². The third-order valence-corrected chi connectivity index (χ3v) is 8.35. The molecule has 1 aromatic carbocycles. The molecule has 0 atom stereocenters. The number of rotatable bonds is 8. The molecular weight excluding hydrogens is 508 g/mol. The number of primary amides is 1. The lowest BCUT2D eigenvalue weighted by atomic mass is 9.85. The minimum Gasteiger partial charge on any atom is -0.494 e. The predicted octanol–water partition coefficient (Wildman–Crippen LogP) is 4.33. The Labute approximate surface area is 236 Å². The van der Waals surface area contributed by atoms with Gasteiger partial charge in [-0.25, -0.2) is 14.8 Å². The molecule has 3 aliphatic rings. The van der Waals surface area contributed by atoms with Gasteiger partial charge in [0.1, 0.15) is 5.69 Å². The molecule has 1 aliphatic carbocycles. The van der Waals surface area contributed by atoms with Crippen LogP contribution in [0.1, 0.15) is 74.2 Å². The van der Waals surface area contributed by atoms with Crippen LogP contribution in [0.3, 0.4) is 0 Å². The molecule has 2 aliphatic heterocycles. The summed E-state index contributed by atoms with van der Waals surface area (Å²) in [6.45, 7) is 6.76. The maximum Gasteiger partial charge on any atom is 0.343 e. The molecule has 2 aromatic rings. The number of nitrogens with two attached hydrogens (primary N) is 1. The van der Waals surface area contributed by atoms with Crippen LogP contribution in [0.25, 0.3) is 0 Å². The lowest BCUT2D eigenvalue weighted by molar-refractivity contribution is 0.0995. The van der Waals surface area contributed by atoms with Crippen molar-refractivity contribution in [3.63, 3.8) is 0 Å². The first-order valence-electron chi connectivity index (χ1n) is 14.4. The molecule has 3 amide bonds. The minimum atomic E-state index is -0.516. The van der Waals surface area contributed by atoms with E-state index in [0.29, 0.717) is 46.9 Å². The Balaban J connectivity index is 1.52. The van der Waals surface area contributed by atoms with E-state index >= 15 is 0 Å². The van der Waals surface area contributed by atoms with Gasteiger partial charge in [-0.15, -0.1) is 0 Å². The van der Waals surface area contributed by atoms with Gasteiger partial charge in [0.05, 0.1) is 30.6 Å². The number of aromatic nitrogens is 2. The molecule has 3 heterocycles. The average molecular weight is 551 g/mol. The Bertz CT molecular complexity index is 1250. The predicted molar refractivity (Wildman–Crippen MR) is 156 cm³/mol. The average Bonchev–Trinajstić information content (AvgIpc) is 3.46. The van der Waals surface area contributed by atoms with E-state index in [-0.39, 0.29) is 18.0 Å². The Morgan fingerprint density at radius 2 is 1.85 bits per heavy atom. The molecule has 3 N–H and O–H groups in total. The molecule has 1 saturated carbocycles. The molecular formula is C29H42N8O3. The van der Waals surface area contributed by atoms with Gasteiger partial charge in [0, 0.05) is 13.6 Å². The first kappa shape index (κ1) is 27.9. The number of nitrogens with one attached hydrogen (secondary N) is 1. The second-order valence-corrected chi connectivity index (χ2v) is 11.7. The van der Waals surface area contributed by atoms with Gasteiger partial charge in [-0.05, 0) is 69.3 Å². The largest absolute Gasteiger partial charge is 0.494 e. The highest BCUT2D eigenvalue weighted by atomic mass is 16.5. The van der Waals surface area contributed by atoms with E-state index in [9.17, 15) is 9.59 Å². The van der Waals surface area contributed by atoms with Gasteiger partial charge in [-0.2, -0.15) is 4.98 Å². The summed E-state index contributed by atoms with van der Waals surface area (Å²) in [5.41, 5.74) is 8.48. The summed E-state index contributed by atoms with van der Waals surface area (Å²) < 4.78 is 5.77. The first-order valence-corrected chi connectivity index (χ1v) is 14.4. The van der Waals surface area contributed by atoms with Gasteiger partial charge >= 0.3 is 6.03 Å². The lowest BCUT2D eigenvalue weighted by Crippen LogP contribution is -2.60. The third kappa shape index (κ3) is 5.26. The van der Waals surface area contributed by atoms with Crippen LogP contribution in [-0.2, 0) is 0 Å². The molecule has 40 heavy (non-hydrogen) atoms. The van der Waals surface area contributed by atoms with Crippen molar-refractivity contribution >= 4 is 35.1 Å². The first-order chi connectivity index (χ1) is 19.2. The number of hydrogen-bond acceptors (Lipinski definition) is 8. The third-order valence-electron chi connectivity index (χ3n) is 8.35. The van der Waals surface area contributed by atoms with E-state index in [2.05, 4.69) is 41.1 Å². The number of fused-ring (bicyclic) bond motifs is 1. The van der Waals surface area contributed by atoms with Crippen LogP contribution in [0.4, 0.5) is 27.9 Å². The van der Waals surface area contributed by atoms with Crippen molar-refractivity contribution < 1.29 is 14.3 Å². The molecule has 0 radical (unpaired) electrons. The van der Waals surface area contributed by atoms with Crippen LogP contribution in [0.15, 0.2) is 18.3 Å². The van der Waals surface area contributed by atoms with Crippen LogP contribution in [0.2, 0.25) is 0 Å². The summed E-state index contributed by atoms with van der Waals surface area (Å²) >= 11 is 0. The zero-order valence-electron chi connectivity index (χ0n) is 24.3. The number of ether oxygens (including phenoxy) is 1. The number of hydrogen-bond donors (Lipinski definition) is 2.